The molecule has 0 amide bonds. The molecule has 0 fully saturated rings. The van der Waals surface area contributed by atoms with Crippen LogP contribution in [0, 0.1) is 13.8 Å². The number of benzene rings is 4. The van der Waals surface area contributed by atoms with Gasteiger partial charge in [-0.25, -0.2) is 0 Å². The van der Waals surface area contributed by atoms with Crippen molar-refractivity contribution in [2.75, 3.05) is 19.5 Å². The molecule has 5 nitrogen and oxygen atoms in total. The number of ether oxygens (including phenoxy) is 2. The largest absolute Gasteiger partial charge is 0.497 e. The van der Waals surface area contributed by atoms with E-state index in [0.717, 1.165) is 39.1 Å². The van der Waals surface area contributed by atoms with Crippen molar-refractivity contribution >= 4 is 22.4 Å². The summed E-state index contributed by atoms with van der Waals surface area (Å²) in [6, 6.07) is 22.4. The summed E-state index contributed by atoms with van der Waals surface area (Å²) in [5.41, 5.74) is 14.1. The molecular formula is C33H37NO4. The summed E-state index contributed by atoms with van der Waals surface area (Å²) in [6.07, 6.45) is 0. The predicted molar refractivity (Wildman–Crippen MR) is 155 cm³/mol. The summed E-state index contributed by atoms with van der Waals surface area (Å²) >= 11 is 0. The second-order valence-electron chi connectivity index (χ2n) is 10.4. The fraction of sp³-hybridized carbons (Fsp3) is 0.303. The highest BCUT2D eigenvalue weighted by Gasteiger charge is 2.29. The van der Waals surface area contributed by atoms with Crippen molar-refractivity contribution in [1.29, 1.82) is 0 Å². The highest BCUT2D eigenvalue weighted by molar-refractivity contribution is 5.86. The average molecular weight is 512 g/mol. The van der Waals surface area contributed by atoms with Gasteiger partial charge >= 0.3 is 5.97 Å². The minimum absolute atomic E-state index is 0.295. The van der Waals surface area contributed by atoms with E-state index in [1.807, 2.05) is 43.3 Å². The van der Waals surface area contributed by atoms with E-state index in [4.69, 9.17) is 20.3 Å². The molecule has 1 aliphatic heterocycles. The molecule has 2 atom stereocenters. The number of methoxy groups -OCH3 is 1. The standard InChI is InChI=1S/C19H23NO.C14H14O3/c1-11(2)14-5-7-15(8-6-14)16-10-21-17-9-12(3)19(20)13(4)18(16)17;1-9(14(15)16)10-3-4-12-8-13(17-2)6-5-11(12)7-10/h5-9,11,16H,10,20H2,1-4H3;3-9H,1-2H3,(H,15,16)/t16-;9-/m10/s1. The maximum Gasteiger partial charge on any atom is 0.310 e. The SMILES string of the molecule is COc1ccc2cc([C@H](C)C(=O)O)ccc2c1.Cc1cc2c(c(C)c1N)[C@@H](c1ccc(C(C)C)cc1)CO2. The fourth-order valence-electron chi connectivity index (χ4n) is 4.94. The summed E-state index contributed by atoms with van der Waals surface area (Å²) in [5.74, 6) is 1.36. The van der Waals surface area contributed by atoms with E-state index in [2.05, 4.69) is 51.1 Å². The number of rotatable bonds is 5. The number of fused-ring (bicyclic) bond motifs is 2. The number of aliphatic carboxylic acids is 1. The lowest BCUT2D eigenvalue weighted by molar-refractivity contribution is -0.138. The van der Waals surface area contributed by atoms with E-state index in [9.17, 15) is 4.79 Å². The summed E-state index contributed by atoms with van der Waals surface area (Å²) in [4.78, 5) is 10.9. The Labute approximate surface area is 225 Å². The number of aryl methyl sites for hydroxylation is 1. The average Bonchev–Trinajstić information content (AvgIpc) is 3.34. The van der Waals surface area contributed by atoms with Crippen LogP contribution in [0.5, 0.6) is 11.5 Å². The van der Waals surface area contributed by atoms with Gasteiger partial charge in [-0.05, 0) is 83.5 Å². The van der Waals surface area contributed by atoms with Crippen molar-refractivity contribution < 1.29 is 19.4 Å². The van der Waals surface area contributed by atoms with Crippen molar-refractivity contribution in [3.05, 3.63) is 100 Å². The molecule has 1 heterocycles. The zero-order chi connectivity index (χ0) is 27.6. The van der Waals surface area contributed by atoms with Crippen LogP contribution in [0.3, 0.4) is 0 Å². The molecule has 5 heteroatoms. The van der Waals surface area contributed by atoms with Gasteiger partial charge in [-0.15, -0.1) is 0 Å². The van der Waals surface area contributed by atoms with Crippen LogP contribution in [0.25, 0.3) is 10.8 Å². The molecule has 5 rings (SSSR count). The highest BCUT2D eigenvalue weighted by Crippen LogP contribution is 2.43. The Balaban J connectivity index is 0.000000181. The van der Waals surface area contributed by atoms with Crippen molar-refractivity contribution in [3.8, 4) is 11.5 Å². The van der Waals surface area contributed by atoms with Gasteiger partial charge in [-0.3, -0.25) is 4.79 Å². The first-order chi connectivity index (χ1) is 18.1. The number of hydrogen-bond donors (Lipinski definition) is 2. The minimum Gasteiger partial charge on any atom is -0.497 e. The molecule has 0 radical (unpaired) electrons. The van der Waals surface area contributed by atoms with Crippen LogP contribution in [-0.2, 0) is 4.79 Å². The molecule has 3 N–H and O–H groups in total. The summed E-state index contributed by atoms with van der Waals surface area (Å²) in [7, 11) is 1.63. The van der Waals surface area contributed by atoms with E-state index in [-0.39, 0.29) is 0 Å². The maximum absolute atomic E-state index is 10.9. The molecule has 0 aromatic heterocycles. The Morgan fingerprint density at radius 2 is 1.58 bits per heavy atom. The lowest BCUT2D eigenvalue weighted by atomic mass is 9.87. The summed E-state index contributed by atoms with van der Waals surface area (Å²) in [5, 5.41) is 11.0. The van der Waals surface area contributed by atoms with Crippen LogP contribution in [-0.4, -0.2) is 24.8 Å². The normalized spacial score (nSPS) is 14.9. The first-order valence-electron chi connectivity index (χ1n) is 13.0. The molecule has 0 saturated heterocycles. The Kier molecular flexibility index (Phi) is 7.96. The van der Waals surface area contributed by atoms with Gasteiger partial charge in [0.05, 0.1) is 19.6 Å². The number of carbonyl (C=O) groups is 1. The Hall–Kier alpha value is -3.99. The molecule has 0 spiro atoms. The smallest absolute Gasteiger partial charge is 0.310 e. The molecule has 198 valence electrons. The maximum atomic E-state index is 10.9. The predicted octanol–water partition coefficient (Wildman–Crippen LogP) is 7.57. The van der Waals surface area contributed by atoms with Gasteiger partial charge in [0.1, 0.15) is 11.5 Å². The zero-order valence-electron chi connectivity index (χ0n) is 23.0. The Morgan fingerprint density at radius 1 is 0.947 bits per heavy atom. The van der Waals surface area contributed by atoms with Crippen LogP contribution >= 0.6 is 0 Å². The molecule has 0 aliphatic carbocycles. The van der Waals surface area contributed by atoms with E-state index in [1.165, 1.54) is 22.3 Å². The third-order valence-electron chi connectivity index (χ3n) is 7.55. The number of nitrogens with two attached hydrogens (primary N) is 1. The first-order valence-corrected chi connectivity index (χ1v) is 13.0. The van der Waals surface area contributed by atoms with Gasteiger partial charge in [0.2, 0.25) is 0 Å². The number of carboxylic acid groups (broad SMARTS) is 1. The van der Waals surface area contributed by atoms with Crippen molar-refractivity contribution in [3.63, 3.8) is 0 Å². The van der Waals surface area contributed by atoms with Gasteiger partial charge in [0.15, 0.2) is 0 Å². The van der Waals surface area contributed by atoms with E-state index >= 15 is 0 Å². The molecule has 1 aliphatic rings. The van der Waals surface area contributed by atoms with E-state index in [0.29, 0.717) is 18.4 Å². The van der Waals surface area contributed by atoms with E-state index in [1.54, 1.807) is 14.0 Å². The number of hydrogen-bond acceptors (Lipinski definition) is 4. The first kappa shape index (κ1) is 27.1. The van der Waals surface area contributed by atoms with Crippen molar-refractivity contribution in [2.45, 2.75) is 52.4 Å². The van der Waals surface area contributed by atoms with Gasteiger partial charge < -0.3 is 20.3 Å². The Morgan fingerprint density at radius 3 is 2.21 bits per heavy atom. The minimum atomic E-state index is -0.808. The fourth-order valence-corrected chi connectivity index (χ4v) is 4.94. The second kappa shape index (κ2) is 11.2. The summed E-state index contributed by atoms with van der Waals surface area (Å²) < 4.78 is 11.0. The second-order valence-corrected chi connectivity index (χ2v) is 10.4. The Bertz CT molecular complexity index is 1460. The van der Waals surface area contributed by atoms with Crippen molar-refractivity contribution in [1.82, 2.24) is 0 Å². The van der Waals surface area contributed by atoms with Gasteiger partial charge in [-0.1, -0.05) is 62.4 Å². The van der Waals surface area contributed by atoms with Crippen LogP contribution < -0.4 is 15.2 Å². The topological polar surface area (TPSA) is 81.8 Å². The van der Waals surface area contributed by atoms with E-state index < -0.39 is 11.9 Å². The van der Waals surface area contributed by atoms with Crippen molar-refractivity contribution in [2.24, 2.45) is 0 Å². The highest BCUT2D eigenvalue weighted by atomic mass is 16.5. The third-order valence-corrected chi connectivity index (χ3v) is 7.55. The van der Waals surface area contributed by atoms with Gasteiger partial charge in [0.25, 0.3) is 0 Å². The summed E-state index contributed by atoms with van der Waals surface area (Å²) in [6.45, 7) is 11.0. The molecule has 0 saturated carbocycles. The van der Waals surface area contributed by atoms with Crippen LogP contribution in [0.4, 0.5) is 5.69 Å². The van der Waals surface area contributed by atoms with Crippen LogP contribution in [0.1, 0.15) is 71.9 Å². The molecule has 4 aromatic carbocycles. The number of anilines is 1. The molecule has 0 unspecified atom stereocenters. The number of carboxylic acids is 1. The quantitative estimate of drug-likeness (QED) is 0.270. The van der Waals surface area contributed by atoms with Gasteiger partial charge in [-0.2, -0.15) is 0 Å². The van der Waals surface area contributed by atoms with Crippen LogP contribution in [0.2, 0.25) is 0 Å². The molecule has 0 bridgehead atoms. The lowest BCUT2D eigenvalue weighted by Gasteiger charge is -2.15. The van der Waals surface area contributed by atoms with Crippen LogP contribution in [0.15, 0.2) is 66.7 Å². The lowest BCUT2D eigenvalue weighted by Crippen LogP contribution is -2.06. The molecule has 4 aromatic rings. The zero-order valence-corrected chi connectivity index (χ0v) is 23.0. The third kappa shape index (κ3) is 5.47. The molecular weight excluding hydrogens is 474 g/mol. The van der Waals surface area contributed by atoms with Gasteiger partial charge in [0, 0.05) is 17.2 Å². The molecule has 38 heavy (non-hydrogen) atoms. The number of nitrogen functional groups attached to an aromatic ring is 1. The monoisotopic (exact) mass is 511 g/mol.